The van der Waals surface area contributed by atoms with Crippen LogP contribution in [-0.2, 0) is 20.9 Å². The minimum atomic E-state index is -0.659. The molecule has 2 aromatic carbocycles. The zero-order chi connectivity index (χ0) is 25.7. The van der Waals surface area contributed by atoms with Crippen molar-refractivity contribution in [3.05, 3.63) is 89.0 Å². The fourth-order valence-corrected chi connectivity index (χ4v) is 3.39. The first-order valence-corrected chi connectivity index (χ1v) is 10.9. The maximum atomic E-state index is 12.8. The highest BCUT2D eigenvalue weighted by Gasteiger charge is 2.34. The van der Waals surface area contributed by atoms with E-state index < -0.39 is 17.9 Å². The second-order valence-electron chi connectivity index (χ2n) is 7.91. The first-order valence-electron chi connectivity index (χ1n) is 10.9. The van der Waals surface area contributed by atoms with Crippen molar-refractivity contribution in [2.45, 2.75) is 13.5 Å². The predicted molar refractivity (Wildman–Crippen MR) is 129 cm³/mol. The van der Waals surface area contributed by atoms with Crippen LogP contribution in [0.1, 0.15) is 27.4 Å². The van der Waals surface area contributed by atoms with Gasteiger partial charge in [-0.3, -0.25) is 14.5 Å². The van der Waals surface area contributed by atoms with Crippen LogP contribution in [0.2, 0.25) is 0 Å². The second kappa shape index (κ2) is 10.6. The topological polar surface area (TPSA) is 127 Å². The lowest BCUT2D eigenvalue weighted by molar-refractivity contribution is -0.123. The van der Waals surface area contributed by atoms with Crippen molar-refractivity contribution in [1.82, 2.24) is 10.2 Å². The Balaban J connectivity index is 1.37. The van der Waals surface area contributed by atoms with Gasteiger partial charge in [-0.15, -0.1) is 0 Å². The lowest BCUT2D eigenvalue weighted by atomic mass is 10.2. The van der Waals surface area contributed by atoms with Crippen LogP contribution in [0.4, 0.5) is 10.5 Å². The zero-order valence-electron chi connectivity index (χ0n) is 19.6. The normalized spacial score (nSPS) is 14.1. The Hall–Kier alpha value is -4.86. The molecule has 0 radical (unpaired) electrons. The molecule has 4 rings (SSSR count). The fraction of sp³-hybridized carbons (Fsp3) is 0.154. The van der Waals surface area contributed by atoms with E-state index in [1.165, 1.54) is 25.3 Å². The molecule has 10 heteroatoms. The molecule has 0 spiro atoms. The molecule has 3 aromatic rings. The third kappa shape index (κ3) is 5.79. The van der Waals surface area contributed by atoms with E-state index in [0.717, 1.165) is 10.5 Å². The summed E-state index contributed by atoms with van der Waals surface area (Å²) in [5.74, 6) is -0.888. The molecule has 0 atom stereocenters. The van der Waals surface area contributed by atoms with E-state index in [0.29, 0.717) is 17.0 Å². The van der Waals surface area contributed by atoms with Crippen molar-refractivity contribution in [3.8, 4) is 5.75 Å². The van der Waals surface area contributed by atoms with Crippen molar-refractivity contribution in [1.29, 1.82) is 0 Å². The van der Waals surface area contributed by atoms with Crippen LogP contribution in [0.5, 0.6) is 5.75 Å². The van der Waals surface area contributed by atoms with Crippen LogP contribution in [-0.4, -0.2) is 42.4 Å². The number of nitrogens with zero attached hydrogens (tertiary/aromatic N) is 1. The SMILES string of the molecule is COC(=O)c1ccc(CN2C(=O)NC(=Cc3cccc(OCC(=O)Nc4ccc(C)cc4)c3)C2=O)o1. The quantitative estimate of drug-likeness (QED) is 0.282. The van der Waals surface area contributed by atoms with Crippen LogP contribution in [0, 0.1) is 6.92 Å². The largest absolute Gasteiger partial charge is 0.484 e. The summed E-state index contributed by atoms with van der Waals surface area (Å²) >= 11 is 0. The Labute approximate surface area is 206 Å². The van der Waals surface area contributed by atoms with Gasteiger partial charge in [0.25, 0.3) is 11.8 Å². The van der Waals surface area contributed by atoms with Gasteiger partial charge in [0.1, 0.15) is 17.2 Å². The summed E-state index contributed by atoms with van der Waals surface area (Å²) in [5, 5.41) is 5.28. The number of esters is 1. The minimum Gasteiger partial charge on any atom is -0.484 e. The molecular weight excluding hydrogens is 466 g/mol. The highest BCUT2D eigenvalue weighted by molar-refractivity contribution is 6.13. The number of imide groups is 1. The van der Waals surface area contributed by atoms with Gasteiger partial charge in [0.05, 0.1) is 13.7 Å². The van der Waals surface area contributed by atoms with Gasteiger partial charge in [-0.05, 0) is 55.0 Å². The van der Waals surface area contributed by atoms with Gasteiger partial charge in [-0.2, -0.15) is 0 Å². The second-order valence-corrected chi connectivity index (χ2v) is 7.91. The van der Waals surface area contributed by atoms with E-state index >= 15 is 0 Å². The molecule has 0 aliphatic carbocycles. The maximum absolute atomic E-state index is 12.8. The van der Waals surface area contributed by atoms with Crippen LogP contribution in [0.3, 0.4) is 0 Å². The molecule has 1 aliphatic rings. The number of aryl methyl sites for hydroxylation is 1. The van der Waals surface area contributed by atoms with Crippen LogP contribution < -0.4 is 15.4 Å². The van der Waals surface area contributed by atoms with Gasteiger partial charge in [-0.1, -0.05) is 29.8 Å². The van der Waals surface area contributed by atoms with E-state index in [-0.39, 0.29) is 36.3 Å². The lowest BCUT2D eigenvalue weighted by Gasteiger charge is -2.09. The number of anilines is 1. The molecule has 184 valence electrons. The number of benzene rings is 2. The third-order valence-electron chi connectivity index (χ3n) is 5.20. The van der Waals surface area contributed by atoms with Gasteiger partial charge in [0.2, 0.25) is 5.76 Å². The van der Waals surface area contributed by atoms with Gasteiger partial charge < -0.3 is 24.5 Å². The lowest BCUT2D eigenvalue weighted by Crippen LogP contribution is -2.30. The zero-order valence-corrected chi connectivity index (χ0v) is 19.6. The van der Waals surface area contributed by atoms with Gasteiger partial charge in [-0.25, -0.2) is 9.59 Å². The number of furan rings is 1. The fourth-order valence-electron chi connectivity index (χ4n) is 3.39. The number of hydrogen-bond acceptors (Lipinski definition) is 7. The predicted octanol–water partition coefficient (Wildman–Crippen LogP) is 3.49. The highest BCUT2D eigenvalue weighted by Crippen LogP contribution is 2.21. The Morgan fingerprint density at radius 1 is 1.08 bits per heavy atom. The third-order valence-corrected chi connectivity index (χ3v) is 5.20. The number of ether oxygens (including phenoxy) is 2. The summed E-state index contributed by atoms with van der Waals surface area (Å²) in [5.41, 5.74) is 2.41. The summed E-state index contributed by atoms with van der Waals surface area (Å²) < 4.78 is 15.5. The molecule has 2 heterocycles. The minimum absolute atomic E-state index is 0.0281. The van der Waals surface area contributed by atoms with E-state index in [9.17, 15) is 19.2 Å². The van der Waals surface area contributed by atoms with Gasteiger partial charge >= 0.3 is 12.0 Å². The average molecular weight is 489 g/mol. The monoisotopic (exact) mass is 489 g/mol. The van der Waals surface area contributed by atoms with Gasteiger partial charge in [0, 0.05) is 5.69 Å². The number of rotatable bonds is 8. The molecule has 10 nitrogen and oxygen atoms in total. The summed E-state index contributed by atoms with van der Waals surface area (Å²) in [6.45, 7) is 1.60. The number of methoxy groups -OCH3 is 1. The van der Waals surface area contributed by atoms with E-state index in [1.807, 2.05) is 19.1 Å². The van der Waals surface area contributed by atoms with Crippen LogP contribution >= 0.6 is 0 Å². The molecule has 4 amide bonds. The molecule has 2 N–H and O–H groups in total. The summed E-state index contributed by atoms with van der Waals surface area (Å²) in [6, 6.07) is 16.4. The van der Waals surface area contributed by atoms with Crippen molar-refractivity contribution in [3.63, 3.8) is 0 Å². The molecule has 1 saturated heterocycles. The Morgan fingerprint density at radius 3 is 2.61 bits per heavy atom. The first-order chi connectivity index (χ1) is 17.3. The molecule has 0 bridgehead atoms. The Kier molecular flexibility index (Phi) is 7.15. The smallest absolute Gasteiger partial charge is 0.373 e. The van der Waals surface area contributed by atoms with Crippen molar-refractivity contribution < 1.29 is 33.1 Å². The Morgan fingerprint density at radius 2 is 1.86 bits per heavy atom. The number of urea groups is 1. The standard InChI is InChI=1S/C26H23N3O7/c1-16-6-8-18(9-7-16)27-23(30)15-35-19-5-3-4-17(12-19)13-21-24(31)29(26(33)28-21)14-20-10-11-22(36-20)25(32)34-2/h3-13H,14-15H2,1-2H3,(H,27,30)(H,28,33). The molecule has 36 heavy (non-hydrogen) atoms. The highest BCUT2D eigenvalue weighted by atomic mass is 16.5. The van der Waals surface area contributed by atoms with Crippen LogP contribution in [0.15, 0.2) is 70.8 Å². The molecule has 0 saturated carbocycles. The molecule has 1 fully saturated rings. The number of carbonyl (C=O) groups is 4. The summed E-state index contributed by atoms with van der Waals surface area (Å²) in [4.78, 5) is 49.8. The summed E-state index contributed by atoms with van der Waals surface area (Å²) in [7, 11) is 1.22. The van der Waals surface area contributed by atoms with Crippen LogP contribution in [0.25, 0.3) is 6.08 Å². The molecular formula is C26H23N3O7. The number of amides is 4. The van der Waals surface area contributed by atoms with E-state index in [1.54, 1.807) is 36.4 Å². The van der Waals surface area contributed by atoms with Gasteiger partial charge in [0.15, 0.2) is 6.61 Å². The van der Waals surface area contributed by atoms with Crippen molar-refractivity contribution in [2.24, 2.45) is 0 Å². The van der Waals surface area contributed by atoms with E-state index in [4.69, 9.17) is 9.15 Å². The number of hydrogen-bond donors (Lipinski definition) is 2. The number of nitrogens with one attached hydrogen (secondary N) is 2. The van der Waals surface area contributed by atoms with E-state index in [2.05, 4.69) is 15.4 Å². The maximum Gasteiger partial charge on any atom is 0.373 e. The summed E-state index contributed by atoms with van der Waals surface area (Å²) in [6.07, 6.45) is 1.50. The first kappa shape index (κ1) is 24.3. The molecule has 0 unspecified atom stereocenters. The van der Waals surface area contributed by atoms with Crippen molar-refractivity contribution >= 4 is 35.6 Å². The number of carbonyl (C=O) groups excluding carboxylic acids is 4. The van der Waals surface area contributed by atoms with Crippen molar-refractivity contribution in [2.75, 3.05) is 19.0 Å². The Bertz CT molecular complexity index is 1340. The average Bonchev–Trinajstić information content (AvgIpc) is 3.44. The molecule has 1 aliphatic heterocycles. The molecule has 1 aromatic heterocycles.